The van der Waals surface area contributed by atoms with Gasteiger partial charge in [0.05, 0.1) is 0 Å². The Morgan fingerprint density at radius 2 is 2.00 bits per heavy atom. The highest BCUT2D eigenvalue weighted by atomic mass is 35.5. The third-order valence-corrected chi connectivity index (χ3v) is 2.25. The zero-order valence-corrected chi connectivity index (χ0v) is 9.84. The van der Waals surface area contributed by atoms with Gasteiger partial charge in [0.2, 0.25) is 5.88 Å². The van der Waals surface area contributed by atoms with Crippen LogP contribution in [0.4, 0.5) is 0 Å². The molecule has 0 bridgehead atoms. The van der Waals surface area contributed by atoms with Crippen LogP contribution >= 0.6 is 11.6 Å². The summed E-state index contributed by atoms with van der Waals surface area (Å²) in [4.78, 5) is 7.70. The van der Waals surface area contributed by atoms with Gasteiger partial charge in [-0.1, -0.05) is 48.0 Å². The van der Waals surface area contributed by atoms with Crippen LogP contribution < -0.4 is 4.74 Å². The van der Waals surface area contributed by atoms with E-state index in [1.165, 1.54) is 6.33 Å². The molecule has 2 aromatic rings. The first-order valence-corrected chi connectivity index (χ1v) is 5.54. The lowest BCUT2D eigenvalue weighted by Gasteiger charge is -2.00. The van der Waals surface area contributed by atoms with Crippen molar-refractivity contribution in [2.24, 2.45) is 0 Å². The molecule has 0 spiro atoms. The minimum atomic E-state index is 0.377. The Balaban J connectivity index is 1.86. The number of nitrogens with zero attached hydrogens (tertiary/aromatic N) is 2. The van der Waals surface area contributed by atoms with Crippen molar-refractivity contribution in [2.75, 3.05) is 6.61 Å². The first-order valence-electron chi connectivity index (χ1n) is 5.16. The van der Waals surface area contributed by atoms with Crippen LogP contribution in [-0.2, 0) is 0 Å². The molecule has 86 valence electrons. The summed E-state index contributed by atoms with van der Waals surface area (Å²) in [6.07, 6.45) is 5.28. The van der Waals surface area contributed by atoms with Crippen molar-refractivity contribution >= 4 is 17.7 Å². The smallest absolute Gasteiger partial charge is 0.218 e. The quantitative estimate of drug-likeness (QED) is 0.777. The average molecular weight is 247 g/mol. The van der Waals surface area contributed by atoms with E-state index in [1.807, 2.05) is 42.5 Å². The fraction of sp³-hybridized carbons (Fsp3) is 0.0769. The molecule has 0 N–H and O–H groups in total. The number of hydrogen-bond acceptors (Lipinski definition) is 3. The van der Waals surface area contributed by atoms with E-state index >= 15 is 0 Å². The molecule has 4 heteroatoms. The third-order valence-electron chi connectivity index (χ3n) is 2.05. The number of ether oxygens (including phenoxy) is 1. The first kappa shape index (κ1) is 11.6. The Morgan fingerprint density at radius 1 is 1.18 bits per heavy atom. The molecule has 1 aromatic carbocycles. The van der Waals surface area contributed by atoms with E-state index in [2.05, 4.69) is 9.97 Å². The maximum atomic E-state index is 5.70. The minimum absolute atomic E-state index is 0.377. The van der Waals surface area contributed by atoms with Crippen LogP contribution in [0.1, 0.15) is 5.56 Å². The van der Waals surface area contributed by atoms with Crippen LogP contribution in [0, 0.1) is 0 Å². The monoisotopic (exact) mass is 246 g/mol. The van der Waals surface area contributed by atoms with Crippen molar-refractivity contribution in [1.29, 1.82) is 0 Å². The van der Waals surface area contributed by atoms with Crippen molar-refractivity contribution < 1.29 is 4.74 Å². The van der Waals surface area contributed by atoms with Crippen molar-refractivity contribution in [3.8, 4) is 5.88 Å². The second-order valence-electron chi connectivity index (χ2n) is 3.30. The molecule has 2 rings (SSSR count). The van der Waals surface area contributed by atoms with Crippen LogP contribution in [0.5, 0.6) is 5.88 Å². The van der Waals surface area contributed by atoms with Gasteiger partial charge in [-0.2, -0.15) is 0 Å². The van der Waals surface area contributed by atoms with E-state index in [9.17, 15) is 0 Å². The molecule has 0 aliphatic heterocycles. The highest BCUT2D eigenvalue weighted by Gasteiger charge is 1.95. The first-order chi connectivity index (χ1) is 8.34. The predicted octanol–water partition coefficient (Wildman–Crippen LogP) is 3.22. The molecule has 0 saturated heterocycles. The van der Waals surface area contributed by atoms with Gasteiger partial charge in [0, 0.05) is 6.07 Å². The van der Waals surface area contributed by atoms with Crippen LogP contribution in [0.25, 0.3) is 6.08 Å². The fourth-order valence-electron chi connectivity index (χ4n) is 1.28. The van der Waals surface area contributed by atoms with Gasteiger partial charge in [-0.05, 0) is 11.6 Å². The Morgan fingerprint density at radius 3 is 2.76 bits per heavy atom. The molecule has 0 amide bonds. The average Bonchev–Trinajstić information content (AvgIpc) is 2.36. The standard InChI is InChI=1S/C13H11ClN2O/c14-12-9-13(16-10-15-12)17-8-4-7-11-5-2-1-3-6-11/h1-7,9-10H,8H2/b7-4+. The minimum Gasteiger partial charge on any atom is -0.473 e. The number of halogens is 1. The molecule has 0 fully saturated rings. The van der Waals surface area contributed by atoms with E-state index in [0.717, 1.165) is 5.56 Å². The van der Waals surface area contributed by atoms with Crippen molar-refractivity contribution in [3.63, 3.8) is 0 Å². The lowest BCUT2D eigenvalue weighted by molar-refractivity contribution is 0.348. The maximum Gasteiger partial charge on any atom is 0.218 e. The molecule has 0 saturated carbocycles. The number of benzene rings is 1. The third kappa shape index (κ3) is 3.89. The summed E-state index contributed by atoms with van der Waals surface area (Å²) in [5.74, 6) is 0.475. The van der Waals surface area contributed by atoms with Crippen molar-refractivity contribution in [1.82, 2.24) is 9.97 Å². The van der Waals surface area contributed by atoms with Crippen LogP contribution in [0.2, 0.25) is 5.15 Å². The van der Waals surface area contributed by atoms with Gasteiger partial charge in [0.15, 0.2) is 0 Å². The Hall–Kier alpha value is -1.87. The summed E-state index contributed by atoms with van der Waals surface area (Å²) in [6.45, 7) is 0.447. The molecule has 0 aliphatic rings. The van der Waals surface area contributed by atoms with Crippen molar-refractivity contribution in [3.05, 3.63) is 59.5 Å². The predicted molar refractivity (Wildman–Crippen MR) is 68.0 cm³/mol. The summed E-state index contributed by atoms with van der Waals surface area (Å²) in [5, 5.41) is 0.377. The highest BCUT2D eigenvalue weighted by Crippen LogP contribution is 2.10. The van der Waals surface area contributed by atoms with Crippen LogP contribution in [0.15, 0.2) is 48.8 Å². The second-order valence-corrected chi connectivity index (χ2v) is 3.69. The van der Waals surface area contributed by atoms with Gasteiger partial charge >= 0.3 is 0 Å². The SMILES string of the molecule is Clc1cc(OC/C=C/c2ccccc2)ncn1. The molecule has 0 aliphatic carbocycles. The molecule has 3 nitrogen and oxygen atoms in total. The van der Waals surface area contributed by atoms with Crippen LogP contribution in [-0.4, -0.2) is 16.6 Å². The van der Waals surface area contributed by atoms with Crippen molar-refractivity contribution in [2.45, 2.75) is 0 Å². The summed E-state index contributed by atoms with van der Waals surface area (Å²) in [6, 6.07) is 11.6. The Bertz CT molecular complexity index is 500. The van der Waals surface area contributed by atoms with E-state index in [0.29, 0.717) is 17.6 Å². The van der Waals surface area contributed by atoms with E-state index in [-0.39, 0.29) is 0 Å². The number of aromatic nitrogens is 2. The number of hydrogen-bond donors (Lipinski definition) is 0. The molecule has 0 unspecified atom stereocenters. The molecule has 0 radical (unpaired) electrons. The van der Waals surface area contributed by atoms with Gasteiger partial charge in [-0.15, -0.1) is 0 Å². The molecule has 1 aromatic heterocycles. The molecule has 17 heavy (non-hydrogen) atoms. The molecular weight excluding hydrogens is 236 g/mol. The highest BCUT2D eigenvalue weighted by molar-refractivity contribution is 6.29. The summed E-state index contributed by atoms with van der Waals surface area (Å²) >= 11 is 5.70. The van der Waals surface area contributed by atoms with Gasteiger partial charge < -0.3 is 4.74 Å². The summed E-state index contributed by atoms with van der Waals surface area (Å²) in [5.41, 5.74) is 1.14. The van der Waals surface area contributed by atoms with E-state index in [1.54, 1.807) is 6.07 Å². The van der Waals surface area contributed by atoms with Crippen LogP contribution in [0.3, 0.4) is 0 Å². The summed E-state index contributed by atoms with van der Waals surface area (Å²) in [7, 11) is 0. The van der Waals surface area contributed by atoms with Gasteiger partial charge in [-0.3, -0.25) is 0 Å². The largest absolute Gasteiger partial charge is 0.473 e. The zero-order chi connectivity index (χ0) is 11.9. The Kier molecular flexibility index (Phi) is 4.11. The topological polar surface area (TPSA) is 35.0 Å². The molecule has 0 atom stereocenters. The summed E-state index contributed by atoms with van der Waals surface area (Å²) < 4.78 is 5.39. The lowest BCUT2D eigenvalue weighted by atomic mass is 10.2. The fourth-order valence-corrected chi connectivity index (χ4v) is 1.42. The zero-order valence-electron chi connectivity index (χ0n) is 9.08. The second kappa shape index (κ2) is 6.01. The molecule has 1 heterocycles. The normalized spacial score (nSPS) is 10.6. The lowest BCUT2D eigenvalue weighted by Crippen LogP contribution is -1.95. The van der Waals surface area contributed by atoms with Gasteiger partial charge in [0.1, 0.15) is 18.1 Å². The molecular formula is C13H11ClN2O. The van der Waals surface area contributed by atoms with E-state index in [4.69, 9.17) is 16.3 Å². The Labute approximate surface area is 105 Å². The number of rotatable bonds is 4. The van der Waals surface area contributed by atoms with Gasteiger partial charge in [0.25, 0.3) is 0 Å². The van der Waals surface area contributed by atoms with E-state index < -0.39 is 0 Å². The maximum absolute atomic E-state index is 5.70. The van der Waals surface area contributed by atoms with Gasteiger partial charge in [-0.25, -0.2) is 9.97 Å².